The Morgan fingerprint density at radius 3 is 2.57 bits per heavy atom. The molecule has 1 unspecified atom stereocenters. The van der Waals surface area contributed by atoms with Crippen LogP contribution in [-0.2, 0) is 0 Å². The third kappa shape index (κ3) is 2.59. The number of halogens is 2. The van der Waals surface area contributed by atoms with Crippen LogP contribution in [0, 0.1) is 5.82 Å². The van der Waals surface area contributed by atoms with Crippen molar-refractivity contribution in [1.29, 1.82) is 0 Å². The fourth-order valence-electron chi connectivity index (χ4n) is 2.03. The van der Waals surface area contributed by atoms with Crippen molar-refractivity contribution in [3.63, 3.8) is 0 Å². The van der Waals surface area contributed by atoms with Crippen LogP contribution in [0.1, 0.15) is 0 Å². The number of nitrogens with zero attached hydrogens (tertiary/aromatic N) is 3. The Hall–Kier alpha value is -2.06. The normalized spacial score (nSPS) is 19.2. The number of imide groups is 1. The van der Waals surface area contributed by atoms with E-state index in [1.807, 2.05) is 0 Å². The van der Waals surface area contributed by atoms with Crippen molar-refractivity contribution in [3.05, 3.63) is 23.0 Å². The van der Waals surface area contributed by atoms with Gasteiger partial charge < -0.3 is 11.1 Å². The Morgan fingerprint density at radius 1 is 1.38 bits per heavy atom. The van der Waals surface area contributed by atoms with Gasteiger partial charge in [-0.1, -0.05) is 11.6 Å². The van der Waals surface area contributed by atoms with E-state index >= 15 is 0 Å². The second-order valence-electron chi connectivity index (χ2n) is 4.84. The minimum absolute atomic E-state index is 0.0145. The smallest absolute Gasteiger partial charge is 0.335 e. The Bertz CT molecular complexity index is 610. The van der Waals surface area contributed by atoms with Crippen LogP contribution in [0.3, 0.4) is 0 Å². The Morgan fingerprint density at radius 2 is 2.00 bits per heavy atom. The van der Waals surface area contributed by atoms with Crippen molar-refractivity contribution < 1.29 is 14.0 Å². The van der Waals surface area contributed by atoms with E-state index in [4.69, 9.17) is 17.3 Å². The highest BCUT2D eigenvalue weighted by Gasteiger charge is 2.39. The average Bonchev–Trinajstić information content (AvgIpc) is 2.39. The lowest BCUT2D eigenvalue weighted by Crippen LogP contribution is -2.68. The number of nitrogens with one attached hydrogen (secondary N) is 1. The lowest BCUT2D eigenvalue weighted by Gasteiger charge is -2.41. The summed E-state index contributed by atoms with van der Waals surface area (Å²) in [5.74, 6) is -0.811. The zero-order valence-corrected chi connectivity index (χ0v) is 12.5. The Labute approximate surface area is 126 Å². The fourth-order valence-corrected chi connectivity index (χ4v) is 2.18. The van der Waals surface area contributed by atoms with Gasteiger partial charge in [0.1, 0.15) is 5.82 Å². The standard InChI is InChI=1S/C12H15ClFN5O2/c1-17(2)10-16-11(20)19(12(21)18(10)3)9-5-8(15)6(13)4-7(9)14/h4-5,10H,15H2,1-3H3,(H,16,20). The minimum Gasteiger partial charge on any atom is -0.397 e. The SMILES string of the molecule is CN(C)C1NC(=O)N(c2cc(N)c(Cl)cc2F)C(=O)N1C. The monoisotopic (exact) mass is 315 g/mol. The van der Waals surface area contributed by atoms with E-state index < -0.39 is 24.2 Å². The molecule has 1 aromatic carbocycles. The number of nitrogen functional groups attached to an aromatic ring is 1. The van der Waals surface area contributed by atoms with Gasteiger partial charge in [-0.2, -0.15) is 0 Å². The predicted octanol–water partition coefficient (Wildman–Crippen LogP) is 1.49. The van der Waals surface area contributed by atoms with Gasteiger partial charge in [-0.25, -0.2) is 18.9 Å². The maximum atomic E-state index is 14.0. The average molecular weight is 316 g/mol. The number of urea groups is 2. The van der Waals surface area contributed by atoms with Crippen molar-refractivity contribution >= 4 is 35.0 Å². The zero-order chi connectivity index (χ0) is 15.9. The lowest BCUT2D eigenvalue weighted by atomic mass is 10.2. The molecular formula is C12H15ClFN5O2. The van der Waals surface area contributed by atoms with Crippen molar-refractivity contribution in [2.75, 3.05) is 31.8 Å². The Balaban J connectivity index is 2.43. The summed E-state index contributed by atoms with van der Waals surface area (Å²) in [6, 6.07) is 0.708. The van der Waals surface area contributed by atoms with E-state index in [0.717, 1.165) is 12.1 Å². The summed E-state index contributed by atoms with van der Waals surface area (Å²) >= 11 is 5.70. The third-order valence-electron chi connectivity index (χ3n) is 3.11. The van der Waals surface area contributed by atoms with Crippen LogP contribution < -0.4 is 16.0 Å². The number of amides is 4. The highest BCUT2D eigenvalue weighted by atomic mass is 35.5. The number of carbonyl (C=O) groups excluding carboxylic acids is 2. The number of hydrogen-bond acceptors (Lipinski definition) is 4. The van der Waals surface area contributed by atoms with Crippen molar-refractivity contribution in [3.8, 4) is 0 Å². The molecule has 3 N–H and O–H groups in total. The molecule has 4 amide bonds. The van der Waals surface area contributed by atoms with Gasteiger partial charge in [0, 0.05) is 7.05 Å². The first-order valence-electron chi connectivity index (χ1n) is 6.02. The lowest BCUT2D eigenvalue weighted by molar-refractivity contribution is 0.0930. The summed E-state index contributed by atoms with van der Waals surface area (Å²) in [7, 11) is 4.90. The van der Waals surface area contributed by atoms with Crippen LogP contribution in [0.2, 0.25) is 5.02 Å². The second-order valence-corrected chi connectivity index (χ2v) is 5.25. The molecule has 7 nitrogen and oxygen atoms in total. The predicted molar refractivity (Wildman–Crippen MR) is 77.5 cm³/mol. The molecule has 2 rings (SSSR count). The number of rotatable bonds is 2. The molecule has 1 fully saturated rings. The molecule has 0 spiro atoms. The first-order chi connectivity index (χ1) is 9.73. The van der Waals surface area contributed by atoms with Gasteiger partial charge in [0.05, 0.1) is 16.4 Å². The summed E-state index contributed by atoms with van der Waals surface area (Å²) in [4.78, 5) is 28.0. The van der Waals surface area contributed by atoms with Crippen molar-refractivity contribution in [2.45, 2.75) is 6.29 Å². The van der Waals surface area contributed by atoms with Crippen LogP contribution >= 0.6 is 11.6 Å². The van der Waals surface area contributed by atoms with Gasteiger partial charge in [-0.3, -0.25) is 9.80 Å². The Kier molecular flexibility index (Phi) is 3.93. The maximum absolute atomic E-state index is 14.0. The molecule has 1 saturated heterocycles. The molecule has 1 aromatic rings. The molecule has 21 heavy (non-hydrogen) atoms. The van der Waals surface area contributed by atoms with Crippen LogP contribution in [0.15, 0.2) is 12.1 Å². The molecule has 1 aliphatic heterocycles. The van der Waals surface area contributed by atoms with E-state index in [2.05, 4.69) is 5.32 Å². The van der Waals surface area contributed by atoms with E-state index in [1.165, 1.54) is 11.9 Å². The summed E-state index contributed by atoms with van der Waals surface area (Å²) < 4.78 is 14.0. The van der Waals surface area contributed by atoms with E-state index in [9.17, 15) is 14.0 Å². The van der Waals surface area contributed by atoms with E-state index in [-0.39, 0.29) is 16.4 Å². The maximum Gasteiger partial charge on any atom is 0.335 e. The number of benzene rings is 1. The van der Waals surface area contributed by atoms with Crippen LogP contribution in [0.5, 0.6) is 0 Å². The quantitative estimate of drug-likeness (QED) is 0.810. The summed E-state index contributed by atoms with van der Waals surface area (Å²) in [6.07, 6.45) is -0.617. The molecule has 1 atom stereocenters. The van der Waals surface area contributed by atoms with E-state index in [0.29, 0.717) is 4.90 Å². The van der Waals surface area contributed by atoms with Crippen molar-refractivity contribution in [2.24, 2.45) is 0 Å². The molecule has 9 heteroatoms. The molecule has 0 saturated carbocycles. The van der Waals surface area contributed by atoms with Gasteiger partial charge in [0.2, 0.25) is 0 Å². The minimum atomic E-state index is -0.811. The summed E-state index contributed by atoms with van der Waals surface area (Å²) in [6.45, 7) is 0. The topological polar surface area (TPSA) is 81.9 Å². The van der Waals surface area contributed by atoms with E-state index in [1.54, 1.807) is 19.0 Å². The van der Waals surface area contributed by atoms with Gasteiger partial charge >= 0.3 is 12.1 Å². The fraction of sp³-hybridized carbons (Fsp3) is 0.333. The van der Waals surface area contributed by atoms with Gasteiger partial charge in [-0.15, -0.1) is 0 Å². The van der Waals surface area contributed by atoms with Crippen LogP contribution in [0.4, 0.5) is 25.4 Å². The molecule has 1 aliphatic rings. The summed E-state index contributed by atoms with van der Waals surface area (Å²) in [5, 5.41) is 2.60. The molecule has 0 bridgehead atoms. The third-order valence-corrected chi connectivity index (χ3v) is 3.44. The first-order valence-corrected chi connectivity index (χ1v) is 6.40. The molecule has 0 radical (unpaired) electrons. The highest BCUT2D eigenvalue weighted by molar-refractivity contribution is 6.33. The molecular weight excluding hydrogens is 301 g/mol. The molecule has 0 aromatic heterocycles. The van der Waals surface area contributed by atoms with Gasteiger partial charge in [0.15, 0.2) is 6.29 Å². The number of carbonyl (C=O) groups is 2. The van der Waals surface area contributed by atoms with Gasteiger partial charge in [-0.05, 0) is 26.2 Å². The number of hydrogen-bond donors (Lipinski definition) is 2. The molecule has 1 heterocycles. The summed E-state index contributed by atoms with van der Waals surface area (Å²) in [5.41, 5.74) is 5.44. The van der Waals surface area contributed by atoms with Crippen LogP contribution in [0.25, 0.3) is 0 Å². The largest absolute Gasteiger partial charge is 0.397 e. The molecule has 0 aliphatic carbocycles. The van der Waals surface area contributed by atoms with Gasteiger partial charge in [0.25, 0.3) is 0 Å². The zero-order valence-electron chi connectivity index (χ0n) is 11.7. The number of anilines is 2. The first kappa shape index (κ1) is 15.3. The van der Waals surface area contributed by atoms with Crippen LogP contribution in [-0.4, -0.2) is 49.3 Å². The highest BCUT2D eigenvalue weighted by Crippen LogP contribution is 2.30. The second kappa shape index (κ2) is 5.38. The molecule has 114 valence electrons. The number of nitrogens with two attached hydrogens (primary N) is 1. The van der Waals surface area contributed by atoms with Crippen molar-refractivity contribution in [1.82, 2.24) is 15.1 Å².